The van der Waals surface area contributed by atoms with Gasteiger partial charge in [0, 0.05) is 32.6 Å². The van der Waals surface area contributed by atoms with Gasteiger partial charge in [0.15, 0.2) is 0 Å². The van der Waals surface area contributed by atoms with Crippen molar-refractivity contribution in [2.45, 2.75) is 52.6 Å². The maximum atomic E-state index is 12.5. The number of carbonyl (C=O) groups is 3. The summed E-state index contributed by atoms with van der Waals surface area (Å²) in [4.78, 5) is 41.0. The molecule has 0 bridgehead atoms. The Labute approximate surface area is 196 Å². The summed E-state index contributed by atoms with van der Waals surface area (Å²) < 4.78 is 0. The van der Waals surface area contributed by atoms with Gasteiger partial charge in [-0.3, -0.25) is 24.2 Å². The van der Waals surface area contributed by atoms with E-state index in [0.29, 0.717) is 24.1 Å². The molecule has 3 amide bonds. The highest BCUT2D eigenvalue weighted by molar-refractivity contribution is 6.21. The minimum Gasteiger partial charge on any atom is -0.352 e. The van der Waals surface area contributed by atoms with Gasteiger partial charge in [-0.25, -0.2) is 0 Å². The molecule has 1 saturated heterocycles. The van der Waals surface area contributed by atoms with E-state index in [1.54, 1.807) is 12.1 Å². The topological polar surface area (TPSA) is 69.7 Å². The van der Waals surface area contributed by atoms with Crippen molar-refractivity contribution in [2.24, 2.45) is 5.92 Å². The lowest BCUT2D eigenvalue weighted by Crippen LogP contribution is -2.33. The smallest absolute Gasteiger partial charge is 0.261 e. The van der Waals surface area contributed by atoms with Gasteiger partial charge in [0.1, 0.15) is 0 Å². The largest absolute Gasteiger partial charge is 0.352 e. The second-order valence-corrected chi connectivity index (χ2v) is 9.49. The normalized spacial score (nSPS) is 18.5. The van der Waals surface area contributed by atoms with Crippen LogP contribution in [0.3, 0.4) is 0 Å². The zero-order valence-electron chi connectivity index (χ0n) is 19.6. The van der Waals surface area contributed by atoms with E-state index in [9.17, 15) is 14.4 Å². The molecule has 0 aromatic heterocycles. The third-order valence-corrected chi connectivity index (χ3v) is 6.57. The first kappa shape index (κ1) is 23.2. The highest BCUT2D eigenvalue weighted by Gasteiger charge is 2.34. The van der Waals surface area contributed by atoms with Crippen molar-refractivity contribution in [2.75, 3.05) is 19.6 Å². The van der Waals surface area contributed by atoms with Crippen LogP contribution in [0.1, 0.15) is 70.0 Å². The molecule has 1 fully saturated rings. The van der Waals surface area contributed by atoms with Crippen molar-refractivity contribution in [1.29, 1.82) is 0 Å². The van der Waals surface area contributed by atoms with Crippen LogP contribution in [-0.4, -0.2) is 47.2 Å². The van der Waals surface area contributed by atoms with Crippen LogP contribution in [0.15, 0.2) is 42.5 Å². The molecule has 0 radical (unpaired) electrons. The lowest BCUT2D eigenvalue weighted by molar-refractivity contribution is -0.121. The molecule has 4 rings (SSSR count). The Hall–Kier alpha value is -2.99. The highest BCUT2D eigenvalue weighted by atomic mass is 16.2. The monoisotopic (exact) mass is 447 g/mol. The summed E-state index contributed by atoms with van der Waals surface area (Å²) in [5.74, 6) is 0.163. The summed E-state index contributed by atoms with van der Waals surface area (Å²) in [7, 11) is 0. The van der Waals surface area contributed by atoms with Crippen molar-refractivity contribution < 1.29 is 14.4 Å². The number of piperidine rings is 1. The molecular formula is C27H33N3O3. The van der Waals surface area contributed by atoms with Crippen molar-refractivity contribution in [3.8, 4) is 0 Å². The van der Waals surface area contributed by atoms with Crippen LogP contribution in [0.2, 0.25) is 0 Å². The molecule has 2 aromatic rings. The first-order valence-electron chi connectivity index (χ1n) is 11.9. The average Bonchev–Trinajstić information content (AvgIpc) is 3.03. The number of rotatable bonds is 8. The lowest BCUT2D eigenvalue weighted by Gasteiger charge is -2.30. The molecule has 2 aliphatic rings. The summed E-state index contributed by atoms with van der Waals surface area (Å²) in [6.07, 6.45) is 3.33. The van der Waals surface area contributed by atoms with Gasteiger partial charge in [-0.05, 0) is 61.9 Å². The van der Waals surface area contributed by atoms with E-state index < -0.39 is 0 Å². The molecule has 2 aromatic carbocycles. The first-order chi connectivity index (χ1) is 15.9. The van der Waals surface area contributed by atoms with Gasteiger partial charge in [-0.2, -0.15) is 0 Å². The molecule has 2 heterocycles. The number of carbonyl (C=O) groups excluding carboxylic acids is 3. The van der Waals surface area contributed by atoms with E-state index >= 15 is 0 Å². The Morgan fingerprint density at radius 3 is 2.52 bits per heavy atom. The van der Waals surface area contributed by atoms with Crippen LogP contribution in [0.4, 0.5) is 0 Å². The van der Waals surface area contributed by atoms with Gasteiger partial charge in [0.2, 0.25) is 5.91 Å². The minimum absolute atomic E-state index is 0.0752. The molecular weight excluding hydrogens is 414 g/mol. The van der Waals surface area contributed by atoms with Gasteiger partial charge < -0.3 is 5.32 Å². The number of nitrogens with zero attached hydrogens (tertiary/aromatic N) is 2. The van der Waals surface area contributed by atoms with Gasteiger partial charge in [0.25, 0.3) is 11.8 Å². The molecule has 0 saturated carbocycles. The van der Waals surface area contributed by atoms with Gasteiger partial charge in [-0.15, -0.1) is 0 Å². The number of benzene rings is 2. The predicted molar refractivity (Wildman–Crippen MR) is 128 cm³/mol. The van der Waals surface area contributed by atoms with Crippen molar-refractivity contribution in [1.82, 2.24) is 15.1 Å². The molecule has 2 aliphatic heterocycles. The number of likely N-dealkylation sites (tertiary alicyclic amines) is 1. The van der Waals surface area contributed by atoms with E-state index in [0.717, 1.165) is 30.1 Å². The molecule has 6 nitrogen and oxygen atoms in total. The SMILES string of the molecule is Cc1ccc2c(c1)C(=O)N(CCCC(=O)NCc1ccc(CN3CCCC(C)C3)cc1)C2=O. The third-order valence-electron chi connectivity index (χ3n) is 6.57. The molecule has 1 atom stereocenters. The molecule has 174 valence electrons. The minimum atomic E-state index is -0.269. The fraction of sp³-hybridized carbons (Fsp3) is 0.444. The molecule has 1 N–H and O–H groups in total. The quantitative estimate of drug-likeness (QED) is 0.623. The highest BCUT2D eigenvalue weighted by Crippen LogP contribution is 2.24. The fourth-order valence-electron chi connectivity index (χ4n) is 4.75. The molecule has 6 heteroatoms. The number of imide groups is 1. The van der Waals surface area contributed by atoms with Gasteiger partial charge >= 0.3 is 0 Å². The summed E-state index contributed by atoms with van der Waals surface area (Å²) in [5, 5.41) is 2.94. The molecule has 0 aliphatic carbocycles. The Bertz CT molecular complexity index is 1030. The Balaban J connectivity index is 1.19. The number of amides is 3. The zero-order chi connectivity index (χ0) is 23.4. The van der Waals surface area contributed by atoms with E-state index in [1.165, 1.54) is 29.8 Å². The predicted octanol–water partition coefficient (Wildman–Crippen LogP) is 3.92. The lowest BCUT2D eigenvalue weighted by atomic mass is 9.99. The van der Waals surface area contributed by atoms with Crippen LogP contribution in [-0.2, 0) is 17.9 Å². The van der Waals surface area contributed by atoms with Crippen molar-refractivity contribution in [3.05, 3.63) is 70.3 Å². The van der Waals surface area contributed by atoms with Crippen molar-refractivity contribution >= 4 is 17.7 Å². The maximum absolute atomic E-state index is 12.5. The van der Waals surface area contributed by atoms with Crippen molar-refractivity contribution in [3.63, 3.8) is 0 Å². The van der Waals surface area contributed by atoms with Crippen LogP contribution >= 0.6 is 0 Å². The second kappa shape index (κ2) is 10.3. The molecule has 0 spiro atoms. The van der Waals surface area contributed by atoms with E-state index in [2.05, 4.69) is 41.4 Å². The zero-order valence-corrected chi connectivity index (χ0v) is 19.6. The summed E-state index contributed by atoms with van der Waals surface area (Å²) in [5.41, 5.74) is 4.23. The average molecular weight is 448 g/mol. The summed E-state index contributed by atoms with van der Waals surface area (Å²) in [6, 6.07) is 13.7. The van der Waals surface area contributed by atoms with Crippen LogP contribution in [0.25, 0.3) is 0 Å². The number of nitrogens with one attached hydrogen (secondary N) is 1. The standard InChI is InChI=1S/C27H33N3O3/c1-19-7-12-23-24(15-19)27(33)30(26(23)32)14-4-6-25(31)28-16-21-8-10-22(11-9-21)18-29-13-3-5-20(2)17-29/h7-12,15,20H,3-6,13-14,16-18H2,1-2H3,(H,28,31). The Morgan fingerprint density at radius 1 is 1.03 bits per heavy atom. The van der Waals surface area contributed by atoms with Crippen LogP contribution < -0.4 is 5.32 Å². The summed E-state index contributed by atoms with van der Waals surface area (Å²) in [6.45, 7) is 8.26. The number of hydrogen-bond donors (Lipinski definition) is 1. The Morgan fingerprint density at radius 2 is 1.76 bits per heavy atom. The molecule has 33 heavy (non-hydrogen) atoms. The van der Waals surface area contributed by atoms with E-state index in [1.807, 2.05) is 13.0 Å². The number of aryl methyl sites for hydroxylation is 1. The third kappa shape index (κ3) is 5.69. The van der Waals surface area contributed by atoms with Gasteiger partial charge in [-0.1, -0.05) is 42.8 Å². The molecule has 1 unspecified atom stereocenters. The van der Waals surface area contributed by atoms with Crippen LogP contribution in [0.5, 0.6) is 0 Å². The summed E-state index contributed by atoms with van der Waals surface area (Å²) >= 11 is 0. The van der Waals surface area contributed by atoms with E-state index in [4.69, 9.17) is 0 Å². The Kier molecular flexibility index (Phi) is 7.23. The number of fused-ring (bicyclic) bond motifs is 1. The second-order valence-electron chi connectivity index (χ2n) is 9.49. The van der Waals surface area contributed by atoms with Crippen LogP contribution in [0, 0.1) is 12.8 Å². The van der Waals surface area contributed by atoms with Gasteiger partial charge in [0.05, 0.1) is 11.1 Å². The maximum Gasteiger partial charge on any atom is 0.261 e. The fourth-order valence-corrected chi connectivity index (χ4v) is 4.75. The van der Waals surface area contributed by atoms with E-state index in [-0.39, 0.29) is 30.7 Å². The first-order valence-corrected chi connectivity index (χ1v) is 11.9. The number of hydrogen-bond acceptors (Lipinski definition) is 4.